The summed E-state index contributed by atoms with van der Waals surface area (Å²) in [6.45, 7) is 1.48. The van der Waals surface area contributed by atoms with E-state index in [-0.39, 0.29) is 11.7 Å². The van der Waals surface area contributed by atoms with Crippen LogP contribution in [0.1, 0.15) is 27.6 Å². The van der Waals surface area contributed by atoms with Crippen molar-refractivity contribution in [2.24, 2.45) is 0 Å². The zero-order valence-electron chi connectivity index (χ0n) is 12.7. The van der Waals surface area contributed by atoms with Crippen molar-refractivity contribution in [3.05, 3.63) is 53.6 Å². The standard InChI is InChI=1S/C17H17NO4/c1-11(19)12-5-4-6-13(9-12)18-17(20)15-8-7-14(21-2)10-16(15)22-3/h4-10H,1-3H3,(H,18,20). The average Bonchev–Trinajstić information content (AvgIpc) is 2.54. The number of nitrogens with one attached hydrogen (secondary N) is 1. The van der Waals surface area contributed by atoms with Crippen LogP contribution in [0.25, 0.3) is 0 Å². The molecule has 0 aliphatic heterocycles. The van der Waals surface area contributed by atoms with Gasteiger partial charge in [0.1, 0.15) is 11.5 Å². The lowest BCUT2D eigenvalue weighted by molar-refractivity contribution is 0.101. The Hall–Kier alpha value is -2.82. The molecule has 0 fully saturated rings. The molecule has 5 heteroatoms. The molecular weight excluding hydrogens is 282 g/mol. The molecule has 0 bridgehead atoms. The van der Waals surface area contributed by atoms with Crippen LogP contribution in [0, 0.1) is 0 Å². The molecule has 0 heterocycles. The monoisotopic (exact) mass is 299 g/mol. The van der Waals surface area contributed by atoms with E-state index in [1.54, 1.807) is 49.6 Å². The second kappa shape index (κ2) is 6.76. The molecule has 1 N–H and O–H groups in total. The van der Waals surface area contributed by atoms with Gasteiger partial charge in [-0.3, -0.25) is 9.59 Å². The molecule has 0 saturated carbocycles. The molecule has 0 aliphatic rings. The van der Waals surface area contributed by atoms with E-state index in [2.05, 4.69) is 5.32 Å². The van der Waals surface area contributed by atoms with Crippen molar-refractivity contribution in [3.63, 3.8) is 0 Å². The number of anilines is 1. The molecule has 0 atom stereocenters. The van der Waals surface area contributed by atoms with Crippen LogP contribution < -0.4 is 14.8 Å². The minimum Gasteiger partial charge on any atom is -0.497 e. The predicted octanol–water partition coefficient (Wildman–Crippen LogP) is 3.16. The van der Waals surface area contributed by atoms with Crippen LogP contribution in [0.5, 0.6) is 11.5 Å². The number of rotatable bonds is 5. The summed E-state index contributed by atoms with van der Waals surface area (Å²) in [6.07, 6.45) is 0. The fraction of sp³-hybridized carbons (Fsp3) is 0.176. The van der Waals surface area contributed by atoms with Crippen molar-refractivity contribution in [2.75, 3.05) is 19.5 Å². The Morgan fingerprint density at radius 2 is 1.77 bits per heavy atom. The number of ketones is 1. The normalized spacial score (nSPS) is 9.95. The summed E-state index contributed by atoms with van der Waals surface area (Å²) >= 11 is 0. The Labute approximate surface area is 128 Å². The summed E-state index contributed by atoms with van der Waals surface area (Å²) in [5.74, 6) is 0.643. The maximum Gasteiger partial charge on any atom is 0.259 e. The van der Waals surface area contributed by atoms with E-state index in [0.29, 0.717) is 28.3 Å². The molecule has 2 rings (SSSR count). The van der Waals surface area contributed by atoms with Crippen molar-refractivity contribution in [1.82, 2.24) is 0 Å². The maximum atomic E-state index is 12.4. The molecule has 0 aromatic heterocycles. The summed E-state index contributed by atoms with van der Waals surface area (Å²) in [5, 5.41) is 2.75. The van der Waals surface area contributed by atoms with E-state index >= 15 is 0 Å². The molecule has 0 unspecified atom stereocenters. The fourth-order valence-corrected chi connectivity index (χ4v) is 2.00. The van der Waals surface area contributed by atoms with E-state index in [1.807, 2.05) is 0 Å². The van der Waals surface area contributed by atoms with Crippen molar-refractivity contribution < 1.29 is 19.1 Å². The third-order valence-corrected chi connectivity index (χ3v) is 3.18. The van der Waals surface area contributed by atoms with E-state index in [4.69, 9.17) is 9.47 Å². The summed E-state index contributed by atoms with van der Waals surface area (Å²) < 4.78 is 10.3. The van der Waals surface area contributed by atoms with E-state index in [9.17, 15) is 9.59 Å². The highest BCUT2D eigenvalue weighted by Crippen LogP contribution is 2.25. The molecule has 0 spiro atoms. The third-order valence-electron chi connectivity index (χ3n) is 3.18. The van der Waals surface area contributed by atoms with Crippen LogP contribution >= 0.6 is 0 Å². The van der Waals surface area contributed by atoms with Gasteiger partial charge in [0.25, 0.3) is 5.91 Å². The van der Waals surface area contributed by atoms with Gasteiger partial charge in [0.2, 0.25) is 0 Å². The van der Waals surface area contributed by atoms with E-state index in [0.717, 1.165) is 0 Å². The first-order valence-electron chi connectivity index (χ1n) is 6.69. The lowest BCUT2D eigenvalue weighted by Crippen LogP contribution is -2.13. The Kier molecular flexibility index (Phi) is 4.78. The maximum absolute atomic E-state index is 12.4. The Morgan fingerprint density at radius 1 is 1.00 bits per heavy atom. The van der Waals surface area contributed by atoms with Gasteiger partial charge in [-0.15, -0.1) is 0 Å². The number of methoxy groups -OCH3 is 2. The Morgan fingerprint density at radius 3 is 2.41 bits per heavy atom. The number of carbonyl (C=O) groups excluding carboxylic acids is 2. The van der Waals surface area contributed by atoms with Crippen LogP contribution in [0.4, 0.5) is 5.69 Å². The molecule has 5 nitrogen and oxygen atoms in total. The quantitative estimate of drug-likeness (QED) is 0.861. The number of carbonyl (C=O) groups is 2. The molecule has 0 aliphatic carbocycles. The van der Waals surface area contributed by atoms with Gasteiger partial charge in [-0.2, -0.15) is 0 Å². The lowest BCUT2D eigenvalue weighted by Gasteiger charge is -2.11. The summed E-state index contributed by atoms with van der Waals surface area (Å²) in [6, 6.07) is 11.7. The molecule has 0 saturated heterocycles. The minimum atomic E-state index is -0.319. The lowest BCUT2D eigenvalue weighted by atomic mass is 10.1. The topological polar surface area (TPSA) is 64.6 Å². The number of ether oxygens (including phenoxy) is 2. The van der Waals surface area contributed by atoms with Crippen LogP contribution in [-0.4, -0.2) is 25.9 Å². The Bertz CT molecular complexity index is 710. The largest absolute Gasteiger partial charge is 0.497 e. The number of hydrogen-bond donors (Lipinski definition) is 1. The number of benzene rings is 2. The van der Waals surface area contributed by atoms with Crippen molar-refractivity contribution in [1.29, 1.82) is 0 Å². The van der Waals surface area contributed by atoms with Gasteiger partial charge in [-0.1, -0.05) is 12.1 Å². The van der Waals surface area contributed by atoms with Crippen molar-refractivity contribution >= 4 is 17.4 Å². The highest BCUT2D eigenvalue weighted by atomic mass is 16.5. The fourth-order valence-electron chi connectivity index (χ4n) is 2.00. The molecule has 114 valence electrons. The van der Waals surface area contributed by atoms with E-state index < -0.39 is 0 Å². The van der Waals surface area contributed by atoms with Gasteiger partial charge < -0.3 is 14.8 Å². The molecule has 2 aromatic carbocycles. The van der Waals surface area contributed by atoms with Crippen molar-refractivity contribution in [3.8, 4) is 11.5 Å². The van der Waals surface area contributed by atoms with Crippen molar-refractivity contribution in [2.45, 2.75) is 6.92 Å². The first-order chi connectivity index (χ1) is 10.5. The first kappa shape index (κ1) is 15.6. The number of amides is 1. The summed E-state index contributed by atoms with van der Waals surface area (Å²) in [7, 11) is 3.03. The third kappa shape index (κ3) is 3.44. The smallest absolute Gasteiger partial charge is 0.259 e. The highest BCUT2D eigenvalue weighted by Gasteiger charge is 2.14. The minimum absolute atomic E-state index is 0.0573. The van der Waals surface area contributed by atoms with Gasteiger partial charge in [0.05, 0.1) is 19.8 Å². The first-order valence-corrected chi connectivity index (χ1v) is 6.69. The zero-order chi connectivity index (χ0) is 16.1. The predicted molar refractivity (Wildman–Crippen MR) is 83.9 cm³/mol. The van der Waals surface area contributed by atoms with Gasteiger partial charge in [0.15, 0.2) is 5.78 Å². The van der Waals surface area contributed by atoms with Gasteiger partial charge in [-0.05, 0) is 31.2 Å². The van der Waals surface area contributed by atoms with Crippen LogP contribution in [0.2, 0.25) is 0 Å². The van der Waals surface area contributed by atoms with Gasteiger partial charge in [-0.25, -0.2) is 0 Å². The SMILES string of the molecule is COc1ccc(C(=O)Nc2cccc(C(C)=O)c2)c(OC)c1. The van der Waals surface area contributed by atoms with Gasteiger partial charge in [0, 0.05) is 17.3 Å². The highest BCUT2D eigenvalue weighted by molar-refractivity contribution is 6.07. The summed E-state index contributed by atoms with van der Waals surface area (Å²) in [5.41, 5.74) is 1.48. The van der Waals surface area contributed by atoms with Crippen LogP contribution in [0.15, 0.2) is 42.5 Å². The average molecular weight is 299 g/mol. The Balaban J connectivity index is 2.25. The molecule has 2 aromatic rings. The van der Waals surface area contributed by atoms with Crippen LogP contribution in [0.3, 0.4) is 0 Å². The summed E-state index contributed by atoms with van der Waals surface area (Å²) in [4.78, 5) is 23.7. The molecule has 22 heavy (non-hydrogen) atoms. The molecule has 1 amide bonds. The zero-order valence-corrected chi connectivity index (χ0v) is 12.7. The van der Waals surface area contributed by atoms with E-state index in [1.165, 1.54) is 14.0 Å². The van der Waals surface area contributed by atoms with Crippen LogP contribution in [-0.2, 0) is 0 Å². The number of Topliss-reactive ketones (excluding diaryl/α,β-unsaturated/α-hetero) is 1. The van der Waals surface area contributed by atoms with Gasteiger partial charge >= 0.3 is 0 Å². The second-order valence-corrected chi connectivity index (χ2v) is 4.66. The second-order valence-electron chi connectivity index (χ2n) is 4.66. The molecule has 0 radical (unpaired) electrons. The number of hydrogen-bond acceptors (Lipinski definition) is 4. The molecular formula is C17H17NO4.